The monoisotopic (exact) mass is 344 g/mol. The maximum atomic E-state index is 12.5. The predicted molar refractivity (Wildman–Crippen MR) is 71.0 cm³/mol. The zero-order valence-corrected chi connectivity index (χ0v) is 11.5. The van der Waals surface area contributed by atoms with E-state index in [4.69, 9.17) is 4.74 Å². The molecule has 0 aliphatic carbocycles. The van der Waals surface area contributed by atoms with Crippen molar-refractivity contribution in [1.29, 1.82) is 0 Å². The minimum atomic E-state index is -4.40. The first-order valence-electron chi connectivity index (χ1n) is 5.50. The van der Waals surface area contributed by atoms with Crippen LogP contribution in [0.3, 0.4) is 0 Å². The van der Waals surface area contributed by atoms with E-state index in [0.29, 0.717) is 17.6 Å². The summed E-state index contributed by atoms with van der Waals surface area (Å²) in [5, 5.41) is 0. The zero-order valence-electron chi connectivity index (χ0n) is 9.95. The smallest absolute Gasteiger partial charge is 0.416 e. The summed E-state index contributed by atoms with van der Waals surface area (Å²) < 4.78 is 43.2. The van der Waals surface area contributed by atoms with Gasteiger partial charge in [0.2, 0.25) is 0 Å². The molecule has 0 fully saturated rings. The fourth-order valence-corrected chi connectivity index (χ4v) is 1.96. The second-order valence-corrected chi connectivity index (χ2v) is 4.79. The molecular weight excluding hydrogens is 337 g/mol. The number of aldehydes is 1. The summed E-state index contributed by atoms with van der Waals surface area (Å²) in [6, 6.07) is 9.37. The van der Waals surface area contributed by atoms with E-state index in [2.05, 4.69) is 15.9 Å². The molecule has 0 amide bonds. The maximum absolute atomic E-state index is 12.5. The third kappa shape index (κ3) is 3.39. The first kappa shape index (κ1) is 14.6. The lowest BCUT2D eigenvalue weighted by atomic mass is 10.2. The van der Waals surface area contributed by atoms with Crippen molar-refractivity contribution in [3.63, 3.8) is 0 Å². The molecule has 0 atom stereocenters. The molecule has 2 aromatic rings. The third-order valence-electron chi connectivity index (χ3n) is 2.50. The fourth-order valence-electron chi connectivity index (χ4n) is 1.50. The van der Waals surface area contributed by atoms with E-state index >= 15 is 0 Å². The van der Waals surface area contributed by atoms with E-state index < -0.39 is 11.7 Å². The number of alkyl halides is 3. The first-order valence-corrected chi connectivity index (χ1v) is 6.29. The Balaban J connectivity index is 2.23. The van der Waals surface area contributed by atoms with Crippen LogP contribution in [0.1, 0.15) is 15.9 Å². The number of hydrogen-bond acceptors (Lipinski definition) is 2. The van der Waals surface area contributed by atoms with Crippen LogP contribution in [0.25, 0.3) is 0 Å². The van der Waals surface area contributed by atoms with Crippen LogP contribution in [0.5, 0.6) is 11.5 Å². The predicted octanol–water partition coefficient (Wildman–Crippen LogP) is 5.07. The maximum Gasteiger partial charge on any atom is 0.416 e. The van der Waals surface area contributed by atoms with Crippen LogP contribution in [0.4, 0.5) is 13.2 Å². The molecule has 0 aliphatic heterocycles. The van der Waals surface area contributed by atoms with Gasteiger partial charge >= 0.3 is 6.18 Å². The highest BCUT2D eigenvalue weighted by molar-refractivity contribution is 9.10. The molecule has 2 nitrogen and oxygen atoms in total. The highest BCUT2D eigenvalue weighted by Crippen LogP contribution is 2.36. The summed E-state index contributed by atoms with van der Waals surface area (Å²) in [7, 11) is 0. The molecule has 2 rings (SSSR count). The summed E-state index contributed by atoms with van der Waals surface area (Å²) in [6.07, 6.45) is -3.70. The second-order valence-electron chi connectivity index (χ2n) is 3.93. The molecule has 6 heteroatoms. The Bertz CT molecular complexity index is 621. The van der Waals surface area contributed by atoms with Crippen molar-refractivity contribution >= 4 is 22.2 Å². The van der Waals surface area contributed by atoms with Crippen molar-refractivity contribution in [2.75, 3.05) is 0 Å². The van der Waals surface area contributed by atoms with Gasteiger partial charge in [-0.25, -0.2) is 0 Å². The number of carbonyl (C=O) groups is 1. The molecule has 0 heterocycles. The molecule has 104 valence electrons. The minimum absolute atomic E-state index is 0.201. The molecule has 20 heavy (non-hydrogen) atoms. The Morgan fingerprint density at radius 3 is 2.20 bits per heavy atom. The summed E-state index contributed by atoms with van der Waals surface area (Å²) >= 11 is 3.04. The van der Waals surface area contributed by atoms with Crippen molar-refractivity contribution in [2.24, 2.45) is 0 Å². The number of halogens is 4. The minimum Gasteiger partial charge on any atom is -0.456 e. The summed E-state index contributed by atoms with van der Waals surface area (Å²) in [6.45, 7) is 0. The van der Waals surface area contributed by atoms with Crippen LogP contribution in [-0.2, 0) is 6.18 Å². The Morgan fingerprint density at radius 1 is 1.05 bits per heavy atom. The zero-order chi connectivity index (χ0) is 14.8. The van der Waals surface area contributed by atoms with E-state index in [0.717, 1.165) is 12.1 Å². The number of ether oxygens (including phenoxy) is 1. The molecule has 0 N–H and O–H groups in total. The van der Waals surface area contributed by atoms with Crippen LogP contribution in [0, 0.1) is 0 Å². The van der Waals surface area contributed by atoms with Gasteiger partial charge in [-0.2, -0.15) is 13.2 Å². The molecule has 0 aliphatic rings. The van der Waals surface area contributed by atoms with E-state index in [1.54, 1.807) is 24.3 Å². The lowest BCUT2D eigenvalue weighted by Crippen LogP contribution is -2.04. The SMILES string of the molecule is O=Cc1ccc(Oc2ccc(C(F)(F)F)cc2Br)cc1. The van der Waals surface area contributed by atoms with Gasteiger partial charge in [-0.1, -0.05) is 0 Å². The van der Waals surface area contributed by atoms with Gasteiger partial charge in [0, 0.05) is 5.56 Å². The number of rotatable bonds is 3. The van der Waals surface area contributed by atoms with Crippen molar-refractivity contribution in [2.45, 2.75) is 6.18 Å². The lowest BCUT2D eigenvalue weighted by molar-refractivity contribution is -0.137. The fraction of sp³-hybridized carbons (Fsp3) is 0.0714. The van der Waals surface area contributed by atoms with Gasteiger partial charge in [0.05, 0.1) is 10.0 Å². The van der Waals surface area contributed by atoms with Gasteiger partial charge in [-0.15, -0.1) is 0 Å². The largest absolute Gasteiger partial charge is 0.456 e. The first-order chi connectivity index (χ1) is 9.40. The summed E-state index contributed by atoms with van der Waals surface area (Å²) in [5.41, 5.74) is -0.267. The highest BCUT2D eigenvalue weighted by Gasteiger charge is 2.30. The third-order valence-corrected chi connectivity index (χ3v) is 3.12. The highest BCUT2D eigenvalue weighted by atomic mass is 79.9. The van der Waals surface area contributed by atoms with Crippen LogP contribution in [0.2, 0.25) is 0 Å². The molecule has 0 aromatic heterocycles. The van der Waals surface area contributed by atoms with Gasteiger partial charge in [0.25, 0.3) is 0 Å². The number of benzene rings is 2. The molecule has 0 spiro atoms. The molecule has 0 unspecified atom stereocenters. The molecule has 0 bridgehead atoms. The van der Waals surface area contributed by atoms with E-state index in [-0.39, 0.29) is 10.2 Å². The average Bonchev–Trinajstić information content (AvgIpc) is 2.41. The Morgan fingerprint density at radius 2 is 1.70 bits per heavy atom. The topological polar surface area (TPSA) is 26.3 Å². The van der Waals surface area contributed by atoms with E-state index in [9.17, 15) is 18.0 Å². The molecular formula is C14H8BrF3O2. The van der Waals surface area contributed by atoms with Crippen molar-refractivity contribution in [3.05, 3.63) is 58.1 Å². The molecule has 0 saturated heterocycles. The van der Waals surface area contributed by atoms with Gasteiger partial charge in [0.15, 0.2) is 0 Å². The van der Waals surface area contributed by atoms with Gasteiger partial charge in [-0.3, -0.25) is 4.79 Å². The van der Waals surface area contributed by atoms with E-state index in [1.165, 1.54) is 6.07 Å². The number of hydrogen-bond donors (Lipinski definition) is 0. The van der Waals surface area contributed by atoms with Crippen molar-refractivity contribution in [1.82, 2.24) is 0 Å². The normalized spacial score (nSPS) is 11.2. The van der Waals surface area contributed by atoms with Crippen LogP contribution < -0.4 is 4.74 Å². The van der Waals surface area contributed by atoms with Crippen LogP contribution in [-0.4, -0.2) is 6.29 Å². The van der Waals surface area contributed by atoms with Crippen molar-refractivity contribution < 1.29 is 22.7 Å². The van der Waals surface area contributed by atoms with Crippen LogP contribution in [0.15, 0.2) is 46.9 Å². The molecule has 0 radical (unpaired) electrons. The summed E-state index contributed by atoms with van der Waals surface area (Å²) in [5.74, 6) is 0.688. The second kappa shape index (κ2) is 5.66. The average molecular weight is 345 g/mol. The number of carbonyl (C=O) groups excluding carboxylic acids is 1. The van der Waals surface area contributed by atoms with Gasteiger partial charge in [-0.05, 0) is 58.4 Å². The molecule has 0 saturated carbocycles. The Kier molecular flexibility index (Phi) is 4.13. The Hall–Kier alpha value is -1.82. The molecule has 2 aromatic carbocycles. The van der Waals surface area contributed by atoms with Crippen LogP contribution >= 0.6 is 15.9 Å². The Labute approximate surface area is 121 Å². The van der Waals surface area contributed by atoms with E-state index in [1.807, 2.05) is 0 Å². The standard InChI is InChI=1S/C14H8BrF3O2/c15-12-7-10(14(16,17)18)3-6-13(12)20-11-4-1-9(8-19)2-5-11/h1-8H. The quantitative estimate of drug-likeness (QED) is 0.726. The summed E-state index contributed by atoms with van der Waals surface area (Å²) in [4.78, 5) is 10.5. The van der Waals surface area contributed by atoms with Gasteiger partial charge < -0.3 is 4.74 Å². The lowest BCUT2D eigenvalue weighted by Gasteiger charge is -2.11. The van der Waals surface area contributed by atoms with Crippen molar-refractivity contribution in [3.8, 4) is 11.5 Å². The van der Waals surface area contributed by atoms with Gasteiger partial charge in [0.1, 0.15) is 17.8 Å².